The number of sulfonamides is 2. The van der Waals surface area contributed by atoms with Crippen molar-refractivity contribution in [3.05, 3.63) is 138 Å². The number of ether oxygens (including phenoxy) is 4. The van der Waals surface area contributed by atoms with Crippen molar-refractivity contribution in [1.82, 2.24) is 39.9 Å². The number of alkyl carbamates (subject to hydrolysis) is 1. The lowest BCUT2D eigenvalue weighted by molar-refractivity contribution is 0.139. The minimum atomic E-state index is -4.93. The van der Waals surface area contributed by atoms with E-state index in [4.69, 9.17) is 24.0 Å². The molecule has 4 N–H and O–H groups in total. The van der Waals surface area contributed by atoms with E-state index in [0.29, 0.717) is 66.4 Å². The Labute approximate surface area is 419 Å². The molecule has 1 aliphatic rings. The summed E-state index contributed by atoms with van der Waals surface area (Å²) in [5.41, 5.74) is 2.96. The number of tetrazole rings is 1. The number of methoxy groups -OCH3 is 3. The maximum absolute atomic E-state index is 16.1. The summed E-state index contributed by atoms with van der Waals surface area (Å²) in [6.07, 6.45) is -0.0377. The quantitative estimate of drug-likeness (QED) is 0.0552. The summed E-state index contributed by atoms with van der Waals surface area (Å²) in [5.74, 6) is 1.75. The molecule has 7 rings (SSSR count). The van der Waals surface area contributed by atoms with Gasteiger partial charge in [-0.2, -0.15) is 9.10 Å². The van der Waals surface area contributed by atoms with Gasteiger partial charge in [0.05, 0.1) is 33.4 Å². The molecule has 0 unspecified atom stereocenters. The first-order valence-electron chi connectivity index (χ1n) is 23.2. The van der Waals surface area contributed by atoms with Gasteiger partial charge in [0.1, 0.15) is 33.6 Å². The first kappa shape index (κ1) is 52.6. The SMILES string of the molecule is COc1ccc(CN(Cc2ccc(OC)cc2)S(=O)(=O)c2c(S(=O)(=O)N[C@H](C)CNC(=O)OCc3ccccc3)ccc(N3CCC(CCNC(=O)O)CC3)c2-c2nnn(Cc3ccc(OC)cc3)n2)cc1. The van der Waals surface area contributed by atoms with E-state index in [-0.39, 0.29) is 56.6 Å². The van der Waals surface area contributed by atoms with Crippen LogP contribution in [0.1, 0.15) is 48.4 Å². The lowest BCUT2D eigenvalue weighted by Crippen LogP contribution is -2.42. The molecule has 0 bridgehead atoms. The Balaban J connectivity index is 1.35. The van der Waals surface area contributed by atoms with Crippen molar-refractivity contribution < 1.29 is 50.5 Å². The number of aromatic nitrogens is 4. The Morgan fingerprint density at radius 2 is 1.32 bits per heavy atom. The normalized spacial score (nSPS) is 13.6. The van der Waals surface area contributed by atoms with Crippen LogP contribution in [0.5, 0.6) is 17.2 Å². The molecule has 2 heterocycles. The maximum atomic E-state index is 16.1. The van der Waals surface area contributed by atoms with Crippen molar-refractivity contribution in [3.63, 3.8) is 0 Å². The van der Waals surface area contributed by atoms with Gasteiger partial charge < -0.3 is 39.6 Å². The van der Waals surface area contributed by atoms with Gasteiger partial charge in [-0.1, -0.05) is 66.7 Å². The van der Waals surface area contributed by atoms with E-state index < -0.39 is 48.1 Å². The molecule has 1 atom stereocenters. The molecule has 1 aromatic heterocycles. The first-order chi connectivity index (χ1) is 34.6. The Kier molecular flexibility index (Phi) is 17.7. The molecule has 6 aromatic rings. The summed E-state index contributed by atoms with van der Waals surface area (Å²) in [4.78, 5) is 26.1. The molecule has 1 saturated heterocycles. The molecule has 0 saturated carbocycles. The molecule has 382 valence electrons. The molecular formula is C50H59N9O11S2. The summed E-state index contributed by atoms with van der Waals surface area (Å²) in [7, 11) is -5.10. The van der Waals surface area contributed by atoms with Crippen molar-refractivity contribution in [1.29, 1.82) is 0 Å². The van der Waals surface area contributed by atoms with Crippen LogP contribution in [0.25, 0.3) is 11.4 Å². The van der Waals surface area contributed by atoms with Gasteiger partial charge in [-0.05, 0) is 108 Å². The average Bonchev–Trinajstić information content (AvgIpc) is 3.85. The number of amides is 2. The van der Waals surface area contributed by atoms with E-state index >= 15 is 16.8 Å². The Morgan fingerprint density at radius 3 is 1.88 bits per heavy atom. The van der Waals surface area contributed by atoms with Gasteiger partial charge in [0, 0.05) is 51.0 Å². The minimum Gasteiger partial charge on any atom is -0.497 e. The summed E-state index contributed by atoms with van der Waals surface area (Å²) < 4.78 is 87.5. The zero-order chi connectivity index (χ0) is 51.3. The highest BCUT2D eigenvalue weighted by Crippen LogP contribution is 2.42. The number of nitrogens with one attached hydrogen (secondary N) is 3. The molecule has 72 heavy (non-hydrogen) atoms. The van der Waals surface area contributed by atoms with Crippen LogP contribution in [-0.2, 0) is 51.0 Å². The number of carboxylic acid groups (broad SMARTS) is 1. The number of hydrogen-bond acceptors (Lipinski definition) is 14. The number of benzene rings is 5. The molecular weight excluding hydrogens is 967 g/mol. The van der Waals surface area contributed by atoms with Crippen molar-refractivity contribution >= 4 is 37.9 Å². The van der Waals surface area contributed by atoms with Crippen LogP contribution in [0.4, 0.5) is 15.3 Å². The molecule has 5 aromatic carbocycles. The molecule has 2 amide bonds. The average molecular weight is 1030 g/mol. The highest BCUT2D eigenvalue weighted by Gasteiger charge is 2.39. The van der Waals surface area contributed by atoms with Crippen LogP contribution in [0.3, 0.4) is 0 Å². The third-order valence-corrected chi connectivity index (χ3v) is 15.7. The van der Waals surface area contributed by atoms with Gasteiger partial charge in [0.15, 0.2) is 0 Å². The molecule has 1 aliphatic heterocycles. The fourth-order valence-electron chi connectivity index (χ4n) is 8.26. The fraction of sp³-hybridized carbons (Fsp3) is 0.340. The minimum absolute atomic E-state index is 0.00890. The van der Waals surface area contributed by atoms with Gasteiger partial charge in [0.25, 0.3) is 0 Å². The standard InChI is InChI=1S/C50H59N9O11S2/c1-35(30-52-50(62)70-34-40-8-6-5-7-9-40)55-71(63,64)45-23-22-44(57-28-25-36(26-29-57)24-27-51-49(60)61)46(48-53-56-59(54-48)33-39-14-20-43(69-4)21-15-39)47(45)72(65,66)58(31-37-10-16-41(67-2)17-11-37)32-38-12-18-42(68-3)19-13-38/h5-23,35-36,51,55H,24-34H2,1-4H3,(H,52,62)(H,60,61)/t35-/m1/s1. The van der Waals surface area contributed by atoms with Gasteiger partial charge in [-0.15, -0.1) is 10.2 Å². The Hall–Kier alpha value is -7.27. The summed E-state index contributed by atoms with van der Waals surface area (Å²) in [6.45, 7) is 2.14. The van der Waals surface area contributed by atoms with Gasteiger partial charge in [-0.25, -0.2) is 31.1 Å². The number of hydrogen-bond donors (Lipinski definition) is 4. The molecule has 0 spiro atoms. The predicted molar refractivity (Wildman–Crippen MR) is 268 cm³/mol. The second-order valence-corrected chi connectivity index (χ2v) is 20.7. The van der Waals surface area contributed by atoms with Crippen LogP contribution in [-0.4, -0.2) is 112 Å². The maximum Gasteiger partial charge on any atom is 0.407 e. The van der Waals surface area contributed by atoms with Crippen LogP contribution in [0.2, 0.25) is 0 Å². The lowest BCUT2D eigenvalue weighted by Gasteiger charge is -2.35. The highest BCUT2D eigenvalue weighted by atomic mass is 32.2. The first-order valence-corrected chi connectivity index (χ1v) is 26.1. The van der Waals surface area contributed by atoms with E-state index in [9.17, 15) is 14.7 Å². The fourth-order valence-corrected chi connectivity index (χ4v) is 11.9. The van der Waals surface area contributed by atoms with Gasteiger partial charge in [0.2, 0.25) is 25.9 Å². The molecule has 0 aliphatic carbocycles. The van der Waals surface area contributed by atoms with Crippen LogP contribution < -0.4 is 34.5 Å². The molecule has 22 heteroatoms. The zero-order valence-electron chi connectivity index (χ0n) is 40.4. The van der Waals surface area contributed by atoms with E-state index in [1.807, 2.05) is 35.2 Å². The van der Waals surface area contributed by atoms with E-state index in [1.165, 1.54) is 36.3 Å². The van der Waals surface area contributed by atoms with E-state index in [2.05, 4.69) is 25.7 Å². The van der Waals surface area contributed by atoms with E-state index in [1.54, 1.807) is 86.0 Å². The monoisotopic (exact) mass is 1030 g/mol. The van der Waals surface area contributed by atoms with Crippen molar-refractivity contribution in [2.45, 2.75) is 68.3 Å². The van der Waals surface area contributed by atoms with Crippen molar-refractivity contribution in [3.8, 4) is 28.6 Å². The number of anilines is 1. The third kappa shape index (κ3) is 13.8. The predicted octanol–water partition coefficient (Wildman–Crippen LogP) is 6.27. The van der Waals surface area contributed by atoms with Crippen LogP contribution >= 0.6 is 0 Å². The summed E-state index contributed by atoms with van der Waals surface area (Å²) in [5, 5.41) is 27.7. The number of rotatable bonds is 23. The number of nitrogens with zero attached hydrogens (tertiary/aromatic N) is 6. The second-order valence-electron chi connectivity index (χ2n) is 17.2. The van der Waals surface area contributed by atoms with Crippen molar-refractivity contribution in [2.24, 2.45) is 5.92 Å². The second kappa shape index (κ2) is 24.2. The lowest BCUT2D eigenvalue weighted by atomic mass is 9.93. The smallest absolute Gasteiger partial charge is 0.407 e. The van der Waals surface area contributed by atoms with Crippen molar-refractivity contribution in [2.75, 3.05) is 52.4 Å². The van der Waals surface area contributed by atoms with Crippen LogP contribution in [0.15, 0.2) is 125 Å². The topological polar surface area (TPSA) is 246 Å². The largest absolute Gasteiger partial charge is 0.497 e. The number of carbonyl (C=O) groups excluding carboxylic acids is 1. The number of piperidine rings is 1. The molecule has 0 radical (unpaired) electrons. The summed E-state index contributed by atoms with van der Waals surface area (Å²) >= 11 is 0. The van der Waals surface area contributed by atoms with Crippen LogP contribution in [0, 0.1) is 5.92 Å². The third-order valence-electron chi connectivity index (χ3n) is 12.1. The molecule has 20 nitrogen and oxygen atoms in total. The number of carbonyl (C=O) groups is 2. The highest BCUT2D eigenvalue weighted by molar-refractivity contribution is 7.92. The van der Waals surface area contributed by atoms with E-state index in [0.717, 1.165) is 11.1 Å². The summed E-state index contributed by atoms with van der Waals surface area (Å²) in [6, 6.07) is 31.9. The Bertz CT molecular complexity index is 2920. The van der Waals surface area contributed by atoms with Gasteiger partial charge >= 0.3 is 12.2 Å². The Morgan fingerprint density at radius 1 is 0.750 bits per heavy atom. The van der Waals surface area contributed by atoms with Gasteiger partial charge in [-0.3, -0.25) is 0 Å². The zero-order valence-corrected chi connectivity index (χ0v) is 42.1. The molecule has 1 fully saturated rings.